The molecular weight excluding hydrogens is 780 g/mol. The van der Waals surface area contributed by atoms with Crippen LogP contribution in [0.2, 0.25) is 0 Å². The number of hydrogen-bond donors (Lipinski definition) is 6. The summed E-state index contributed by atoms with van der Waals surface area (Å²) in [5.74, 6) is -3.31. The highest BCUT2D eigenvalue weighted by Gasteiger charge is 2.21. The third-order valence-electron chi connectivity index (χ3n) is 9.78. The van der Waals surface area contributed by atoms with E-state index in [9.17, 15) is 38.7 Å². The molecular formula is C43H82N4O13. The van der Waals surface area contributed by atoms with Crippen molar-refractivity contribution in [3.05, 3.63) is 0 Å². The largest absolute Gasteiger partial charge is 0.481 e. The summed E-state index contributed by atoms with van der Waals surface area (Å²) < 4.78 is 21.4. The highest BCUT2D eigenvalue weighted by molar-refractivity contribution is 5.84. The summed E-state index contributed by atoms with van der Waals surface area (Å²) in [7, 11) is 0. The van der Waals surface area contributed by atoms with Gasteiger partial charge in [-0.05, 0) is 38.5 Å². The monoisotopic (exact) mass is 863 g/mol. The summed E-state index contributed by atoms with van der Waals surface area (Å²) in [6, 6.07) is -1.10. The Labute approximate surface area is 360 Å². The first-order chi connectivity index (χ1) is 28.9. The average molecular weight is 863 g/mol. The zero-order chi connectivity index (χ0) is 44.5. The van der Waals surface area contributed by atoms with Gasteiger partial charge in [-0.3, -0.25) is 28.8 Å². The van der Waals surface area contributed by atoms with Crippen LogP contribution in [0.3, 0.4) is 0 Å². The van der Waals surface area contributed by atoms with E-state index in [2.05, 4.69) is 16.0 Å². The van der Waals surface area contributed by atoms with Crippen LogP contribution in [0.15, 0.2) is 0 Å². The lowest BCUT2D eigenvalue weighted by Gasteiger charge is -2.14. The molecule has 0 saturated heterocycles. The van der Waals surface area contributed by atoms with Gasteiger partial charge in [-0.2, -0.15) is 0 Å². The molecule has 0 aliphatic rings. The van der Waals surface area contributed by atoms with Crippen molar-refractivity contribution in [3.63, 3.8) is 0 Å². The number of nitrogens with two attached hydrogens (primary N) is 1. The SMILES string of the molecule is C[C@@H](CCCCNC(=O)COCCOCCNC(=O)COCCOCCCC(=O)CC[C@H](NC(=O)CCCCCCCCCCCCCCCCC(=O)O)C(=O)O)C(N)=O.[HH].[HH]. The van der Waals surface area contributed by atoms with Gasteiger partial charge >= 0.3 is 11.9 Å². The predicted octanol–water partition coefficient (Wildman–Crippen LogP) is 5.09. The van der Waals surface area contributed by atoms with E-state index in [4.69, 9.17) is 29.8 Å². The van der Waals surface area contributed by atoms with Crippen LogP contribution < -0.4 is 21.7 Å². The van der Waals surface area contributed by atoms with E-state index >= 15 is 0 Å². The number of rotatable bonds is 45. The molecule has 0 heterocycles. The molecule has 0 fully saturated rings. The van der Waals surface area contributed by atoms with Crippen LogP contribution in [0.25, 0.3) is 0 Å². The van der Waals surface area contributed by atoms with Crippen LogP contribution in [-0.2, 0) is 52.5 Å². The van der Waals surface area contributed by atoms with E-state index in [1.807, 2.05) is 0 Å². The number of amides is 4. The molecule has 0 bridgehead atoms. The van der Waals surface area contributed by atoms with E-state index in [1.54, 1.807) is 6.92 Å². The maximum atomic E-state index is 12.3. The topological polar surface area (TPSA) is 259 Å². The number of nitrogens with one attached hydrogen (secondary N) is 3. The van der Waals surface area contributed by atoms with Crippen LogP contribution in [0.5, 0.6) is 0 Å². The smallest absolute Gasteiger partial charge is 0.326 e. The van der Waals surface area contributed by atoms with Crippen LogP contribution in [-0.4, -0.2) is 124 Å². The third-order valence-corrected chi connectivity index (χ3v) is 9.78. The Hall–Kier alpha value is -3.67. The summed E-state index contributed by atoms with van der Waals surface area (Å²) in [5.41, 5.74) is 5.22. The van der Waals surface area contributed by atoms with Crippen LogP contribution in [0.1, 0.15) is 157 Å². The van der Waals surface area contributed by atoms with Gasteiger partial charge in [-0.25, -0.2) is 4.79 Å². The summed E-state index contributed by atoms with van der Waals surface area (Å²) >= 11 is 0. The fourth-order valence-electron chi connectivity index (χ4n) is 6.09. The maximum absolute atomic E-state index is 12.3. The maximum Gasteiger partial charge on any atom is 0.326 e. The molecule has 4 amide bonds. The molecule has 0 spiro atoms. The molecule has 0 rings (SSSR count). The fourth-order valence-corrected chi connectivity index (χ4v) is 6.09. The number of carboxylic acids is 2. The van der Waals surface area contributed by atoms with Crippen molar-refractivity contribution in [3.8, 4) is 0 Å². The first kappa shape index (κ1) is 56.3. The lowest BCUT2D eigenvalue weighted by Crippen LogP contribution is -2.41. The van der Waals surface area contributed by atoms with Crippen molar-refractivity contribution in [2.45, 2.75) is 161 Å². The number of carbonyl (C=O) groups excluding carboxylic acids is 5. The molecule has 352 valence electrons. The fraction of sp³-hybridized carbons (Fsp3) is 0.837. The van der Waals surface area contributed by atoms with Gasteiger partial charge in [0.05, 0.1) is 33.0 Å². The van der Waals surface area contributed by atoms with Crippen LogP contribution in [0, 0.1) is 5.92 Å². The van der Waals surface area contributed by atoms with Gasteiger partial charge in [-0.1, -0.05) is 90.4 Å². The highest BCUT2D eigenvalue weighted by Crippen LogP contribution is 2.14. The van der Waals surface area contributed by atoms with Crippen molar-refractivity contribution in [1.82, 2.24) is 16.0 Å². The zero-order valence-electron chi connectivity index (χ0n) is 36.5. The van der Waals surface area contributed by atoms with Crippen molar-refractivity contribution in [1.29, 1.82) is 0 Å². The van der Waals surface area contributed by atoms with Crippen molar-refractivity contribution >= 4 is 41.4 Å². The van der Waals surface area contributed by atoms with Gasteiger partial charge in [0, 0.05) is 54.2 Å². The summed E-state index contributed by atoms with van der Waals surface area (Å²) in [5, 5.41) is 26.1. The van der Waals surface area contributed by atoms with E-state index in [0.29, 0.717) is 32.4 Å². The first-order valence-electron chi connectivity index (χ1n) is 22.3. The summed E-state index contributed by atoms with van der Waals surface area (Å²) in [6.45, 7) is 3.85. The predicted molar refractivity (Wildman–Crippen MR) is 230 cm³/mol. The Balaban J connectivity index is -0.0000174. The Kier molecular flexibility index (Phi) is 38.2. The minimum Gasteiger partial charge on any atom is -0.481 e. The number of unbranched alkanes of at least 4 members (excludes halogenated alkanes) is 14. The van der Waals surface area contributed by atoms with Gasteiger partial charge in [0.1, 0.15) is 25.0 Å². The molecule has 0 radical (unpaired) electrons. The van der Waals surface area contributed by atoms with Crippen molar-refractivity contribution in [2.75, 3.05) is 65.9 Å². The second-order valence-electron chi connectivity index (χ2n) is 15.3. The summed E-state index contributed by atoms with van der Waals surface area (Å²) in [6.07, 6.45) is 18.7. The van der Waals surface area contributed by atoms with Gasteiger partial charge < -0.3 is 50.8 Å². The number of primary amides is 1. The molecule has 0 aliphatic carbocycles. The second kappa shape index (κ2) is 40.7. The standard InChI is InChI=1S/C43H78N4O13.2H2/c1-35(42(44)54)19-16-17-25-45-39(50)33-60-32-30-58-28-26-46-40(51)34-59-31-29-57-27-18-20-36(48)23-24-37(43(55)56)47-38(49)21-14-12-10-8-6-4-2-3-5-7-9-11-13-15-22-41(52)53;;/h35,37H,2-34H2,1H3,(H2,44,54)(H,45,50)(H,46,51)(H,47,49)(H,52,53)(H,55,56);2*1H/t35-,37-;;/m0../s1. The van der Waals surface area contributed by atoms with Gasteiger partial charge in [-0.15, -0.1) is 0 Å². The summed E-state index contributed by atoms with van der Waals surface area (Å²) in [4.78, 5) is 81.5. The van der Waals surface area contributed by atoms with Crippen molar-refractivity contribution in [2.24, 2.45) is 11.7 Å². The normalized spacial score (nSPS) is 12.1. The molecule has 0 aromatic rings. The number of Topliss-reactive ketones (excluding diaryl/α,β-unsaturated/α-hetero) is 1. The van der Waals surface area contributed by atoms with Gasteiger partial charge in [0.15, 0.2) is 0 Å². The lowest BCUT2D eigenvalue weighted by atomic mass is 10.0. The number of ketones is 1. The molecule has 7 N–H and O–H groups in total. The number of ether oxygens (including phenoxy) is 4. The van der Waals surface area contributed by atoms with E-state index in [1.165, 1.54) is 44.9 Å². The molecule has 0 aromatic carbocycles. The quantitative estimate of drug-likeness (QED) is 0.0437. The van der Waals surface area contributed by atoms with E-state index in [0.717, 1.165) is 51.4 Å². The number of aliphatic carboxylic acids is 2. The molecule has 17 heteroatoms. The second-order valence-corrected chi connectivity index (χ2v) is 15.3. The molecule has 2 atom stereocenters. The Morgan fingerprint density at radius 3 is 1.50 bits per heavy atom. The minimum absolute atomic E-state index is 0. The van der Waals surface area contributed by atoms with Gasteiger partial charge in [0.25, 0.3) is 0 Å². The Morgan fingerprint density at radius 2 is 0.983 bits per heavy atom. The Bertz CT molecular complexity index is 1190. The molecule has 0 aromatic heterocycles. The minimum atomic E-state index is -1.16. The number of carboxylic acid groups (broad SMARTS) is 2. The lowest BCUT2D eigenvalue weighted by molar-refractivity contribution is -0.142. The number of carbonyl (C=O) groups is 7. The molecule has 0 aliphatic heterocycles. The van der Waals surface area contributed by atoms with Crippen LogP contribution >= 0.6 is 0 Å². The van der Waals surface area contributed by atoms with Gasteiger partial charge in [0.2, 0.25) is 23.6 Å². The molecule has 60 heavy (non-hydrogen) atoms. The van der Waals surface area contributed by atoms with E-state index in [-0.39, 0.29) is 123 Å². The Morgan fingerprint density at radius 1 is 0.500 bits per heavy atom. The van der Waals surface area contributed by atoms with Crippen LogP contribution in [0.4, 0.5) is 0 Å². The molecule has 0 saturated carbocycles. The highest BCUT2D eigenvalue weighted by atomic mass is 16.5. The molecule has 0 unspecified atom stereocenters. The zero-order valence-corrected chi connectivity index (χ0v) is 36.5. The van der Waals surface area contributed by atoms with Crippen molar-refractivity contribution < 1.29 is 65.6 Å². The average Bonchev–Trinajstić information content (AvgIpc) is 3.20. The molecule has 17 nitrogen and oxygen atoms in total. The number of hydrogen-bond acceptors (Lipinski definition) is 11. The first-order valence-corrected chi connectivity index (χ1v) is 22.3. The van der Waals surface area contributed by atoms with E-state index < -0.39 is 18.0 Å². The third kappa shape index (κ3) is 39.8.